The number of imidazole rings is 1. The van der Waals surface area contributed by atoms with Gasteiger partial charge >= 0.3 is 5.69 Å². The summed E-state index contributed by atoms with van der Waals surface area (Å²) in [6.07, 6.45) is 10.2. The van der Waals surface area contributed by atoms with Gasteiger partial charge in [-0.3, -0.25) is 14.1 Å². The van der Waals surface area contributed by atoms with E-state index in [0.717, 1.165) is 73.0 Å². The van der Waals surface area contributed by atoms with E-state index in [0.29, 0.717) is 17.5 Å². The van der Waals surface area contributed by atoms with Crippen molar-refractivity contribution in [1.82, 2.24) is 34.7 Å². The fraction of sp³-hybridized carbons (Fsp3) is 0.423. The molecule has 1 N–H and O–H groups in total. The van der Waals surface area contributed by atoms with Gasteiger partial charge in [0.05, 0.1) is 17.9 Å². The van der Waals surface area contributed by atoms with E-state index in [1.54, 1.807) is 6.20 Å². The van der Waals surface area contributed by atoms with Gasteiger partial charge in [0.1, 0.15) is 5.15 Å². The Labute approximate surface area is 209 Å². The molecule has 182 valence electrons. The van der Waals surface area contributed by atoms with Crippen molar-refractivity contribution in [2.75, 3.05) is 0 Å². The summed E-state index contributed by atoms with van der Waals surface area (Å²) >= 11 is 6.86. The van der Waals surface area contributed by atoms with Crippen molar-refractivity contribution in [3.05, 3.63) is 69.5 Å². The molecule has 4 aromatic rings. The molecule has 3 heterocycles. The van der Waals surface area contributed by atoms with Crippen LogP contribution in [0, 0.1) is 0 Å². The van der Waals surface area contributed by atoms with Crippen LogP contribution < -0.4 is 5.69 Å². The Morgan fingerprint density at radius 3 is 2.63 bits per heavy atom. The standard InChI is InChI=1S/C26H30ClN7O/c1-2-3-11-22-24(27)34(20-8-5-4-6-9-20)26(35)33(22)17-18-12-14-19(15-13-18)23-21(10-7-16-28-23)25-29-31-32-30-25/h7,10,12-16,20H,2-6,8-9,11,17H2,1H3,(H,29,30,31,32). The minimum atomic E-state index is 0.0150. The lowest BCUT2D eigenvalue weighted by atomic mass is 9.95. The number of unbranched alkanes of at least 4 members (excludes halogenated alkanes) is 1. The van der Waals surface area contributed by atoms with Gasteiger partial charge in [0.2, 0.25) is 5.82 Å². The van der Waals surface area contributed by atoms with Gasteiger partial charge in [0, 0.05) is 23.4 Å². The summed E-state index contributed by atoms with van der Waals surface area (Å²) in [4.78, 5) is 18.1. The molecule has 0 aliphatic heterocycles. The van der Waals surface area contributed by atoms with Gasteiger partial charge in [0.15, 0.2) is 0 Å². The largest absolute Gasteiger partial charge is 0.330 e. The lowest BCUT2D eigenvalue weighted by Gasteiger charge is -2.22. The first-order valence-electron chi connectivity index (χ1n) is 12.4. The Hall–Kier alpha value is -3.26. The summed E-state index contributed by atoms with van der Waals surface area (Å²) < 4.78 is 3.75. The molecule has 8 nitrogen and oxygen atoms in total. The van der Waals surface area contributed by atoms with Gasteiger partial charge in [-0.25, -0.2) is 4.79 Å². The zero-order valence-electron chi connectivity index (χ0n) is 20.0. The van der Waals surface area contributed by atoms with Crippen molar-refractivity contribution >= 4 is 11.6 Å². The first kappa shape index (κ1) is 23.5. The zero-order valence-corrected chi connectivity index (χ0v) is 20.7. The van der Waals surface area contributed by atoms with Crippen molar-refractivity contribution < 1.29 is 0 Å². The number of benzene rings is 1. The number of nitrogens with zero attached hydrogens (tertiary/aromatic N) is 6. The lowest BCUT2D eigenvalue weighted by molar-refractivity contribution is 0.344. The molecule has 0 saturated heterocycles. The predicted molar refractivity (Wildman–Crippen MR) is 136 cm³/mol. The van der Waals surface area contributed by atoms with Crippen molar-refractivity contribution in [3.63, 3.8) is 0 Å². The predicted octanol–water partition coefficient (Wildman–Crippen LogP) is 5.44. The molecule has 0 radical (unpaired) electrons. The van der Waals surface area contributed by atoms with Crippen LogP contribution in [0.3, 0.4) is 0 Å². The minimum Gasteiger partial charge on any atom is -0.290 e. The van der Waals surface area contributed by atoms with Crippen LogP contribution in [0.2, 0.25) is 5.15 Å². The van der Waals surface area contributed by atoms with Crippen LogP contribution in [0.1, 0.15) is 69.2 Å². The van der Waals surface area contributed by atoms with Crippen LogP contribution >= 0.6 is 11.6 Å². The van der Waals surface area contributed by atoms with E-state index in [9.17, 15) is 4.79 Å². The maximum Gasteiger partial charge on any atom is 0.330 e. The molecule has 5 rings (SSSR count). The molecule has 3 aromatic heterocycles. The van der Waals surface area contributed by atoms with Gasteiger partial charge in [0.25, 0.3) is 0 Å². The number of nitrogens with one attached hydrogen (secondary N) is 1. The molecule has 0 spiro atoms. The molecule has 1 fully saturated rings. The van der Waals surface area contributed by atoms with Gasteiger partial charge in [-0.05, 0) is 48.6 Å². The molecule has 1 aliphatic rings. The van der Waals surface area contributed by atoms with E-state index >= 15 is 0 Å². The number of aromatic amines is 1. The molecule has 0 bridgehead atoms. The van der Waals surface area contributed by atoms with E-state index in [-0.39, 0.29) is 11.7 Å². The molecule has 35 heavy (non-hydrogen) atoms. The van der Waals surface area contributed by atoms with E-state index < -0.39 is 0 Å². The van der Waals surface area contributed by atoms with Crippen molar-refractivity contribution in [2.24, 2.45) is 0 Å². The highest BCUT2D eigenvalue weighted by atomic mass is 35.5. The Morgan fingerprint density at radius 2 is 1.91 bits per heavy atom. The highest BCUT2D eigenvalue weighted by molar-refractivity contribution is 6.30. The maximum atomic E-state index is 13.6. The highest BCUT2D eigenvalue weighted by Gasteiger charge is 2.25. The molecule has 9 heteroatoms. The van der Waals surface area contributed by atoms with Gasteiger partial charge in [-0.1, -0.05) is 68.5 Å². The van der Waals surface area contributed by atoms with E-state index in [2.05, 4.69) is 32.5 Å². The summed E-state index contributed by atoms with van der Waals surface area (Å²) in [5.74, 6) is 0.503. The number of tetrazole rings is 1. The third kappa shape index (κ3) is 4.80. The Kier molecular flexibility index (Phi) is 7.08. The molecule has 0 unspecified atom stereocenters. The average Bonchev–Trinajstić information content (AvgIpc) is 3.51. The molecule has 1 aliphatic carbocycles. The summed E-state index contributed by atoms with van der Waals surface area (Å²) in [6, 6.07) is 12.1. The lowest BCUT2D eigenvalue weighted by Crippen LogP contribution is -2.29. The average molecular weight is 492 g/mol. The van der Waals surface area contributed by atoms with E-state index in [1.807, 2.05) is 45.5 Å². The van der Waals surface area contributed by atoms with Crippen molar-refractivity contribution in [1.29, 1.82) is 0 Å². The molecule has 1 saturated carbocycles. The second kappa shape index (κ2) is 10.6. The van der Waals surface area contributed by atoms with Gasteiger partial charge < -0.3 is 0 Å². The normalized spacial score (nSPS) is 14.5. The second-order valence-electron chi connectivity index (χ2n) is 9.20. The Morgan fingerprint density at radius 1 is 1.11 bits per heavy atom. The van der Waals surface area contributed by atoms with Gasteiger partial charge in [-0.2, -0.15) is 5.21 Å². The molecule has 0 atom stereocenters. The fourth-order valence-electron chi connectivity index (χ4n) is 5.02. The number of halogens is 1. The molecular formula is C26H30ClN7O. The Bertz CT molecular complexity index is 1320. The number of aromatic nitrogens is 7. The topological polar surface area (TPSA) is 94.3 Å². The number of hydrogen-bond acceptors (Lipinski definition) is 5. The summed E-state index contributed by atoms with van der Waals surface area (Å²) in [6.45, 7) is 2.66. The number of H-pyrrole nitrogens is 1. The van der Waals surface area contributed by atoms with Crippen LogP contribution in [0.4, 0.5) is 0 Å². The van der Waals surface area contributed by atoms with Crippen LogP contribution in [-0.4, -0.2) is 34.7 Å². The zero-order chi connectivity index (χ0) is 24.2. The van der Waals surface area contributed by atoms with E-state index in [4.69, 9.17) is 11.6 Å². The summed E-state index contributed by atoms with van der Waals surface area (Å²) in [5.41, 5.74) is 4.56. The summed E-state index contributed by atoms with van der Waals surface area (Å²) in [5, 5.41) is 15.0. The maximum absolute atomic E-state index is 13.6. The number of hydrogen-bond donors (Lipinski definition) is 1. The highest BCUT2D eigenvalue weighted by Crippen LogP contribution is 2.32. The SMILES string of the molecule is CCCCc1c(Cl)n(C2CCCCC2)c(=O)n1Cc1ccc(-c2ncccc2-c2nn[nH]n2)cc1. The fourth-order valence-corrected chi connectivity index (χ4v) is 5.43. The van der Waals surface area contributed by atoms with Crippen LogP contribution in [0.5, 0.6) is 0 Å². The molecule has 1 aromatic carbocycles. The first-order chi connectivity index (χ1) is 17.2. The smallest absolute Gasteiger partial charge is 0.290 e. The van der Waals surface area contributed by atoms with E-state index in [1.165, 1.54) is 6.42 Å². The molecule has 0 amide bonds. The first-order valence-corrected chi connectivity index (χ1v) is 12.8. The third-order valence-corrected chi connectivity index (χ3v) is 7.28. The second-order valence-corrected chi connectivity index (χ2v) is 9.56. The van der Waals surface area contributed by atoms with Crippen LogP contribution in [-0.2, 0) is 13.0 Å². The van der Waals surface area contributed by atoms with Crippen molar-refractivity contribution in [2.45, 2.75) is 70.9 Å². The van der Waals surface area contributed by atoms with Crippen LogP contribution in [0.25, 0.3) is 22.6 Å². The van der Waals surface area contributed by atoms with Crippen molar-refractivity contribution in [3.8, 4) is 22.6 Å². The third-order valence-electron chi connectivity index (χ3n) is 6.88. The Balaban J connectivity index is 1.45. The van der Waals surface area contributed by atoms with Gasteiger partial charge in [-0.15, -0.1) is 10.2 Å². The number of rotatable bonds is 8. The van der Waals surface area contributed by atoms with Crippen LogP contribution in [0.15, 0.2) is 47.4 Å². The number of pyridine rings is 1. The monoisotopic (exact) mass is 491 g/mol. The minimum absolute atomic E-state index is 0.0150. The summed E-state index contributed by atoms with van der Waals surface area (Å²) in [7, 11) is 0. The molecular weight excluding hydrogens is 462 g/mol. The quantitative estimate of drug-likeness (QED) is 0.354.